The first kappa shape index (κ1) is 24.3. The molecule has 0 spiro atoms. The third-order valence-electron chi connectivity index (χ3n) is 4.38. The normalized spacial score (nSPS) is 11.8. The minimum Gasteiger partial charge on any atom is -0.484 e. The first-order valence-electron chi connectivity index (χ1n) is 9.57. The van der Waals surface area contributed by atoms with Gasteiger partial charge in [-0.3, -0.25) is 9.59 Å². The molecule has 8 heteroatoms. The molecule has 0 saturated carbocycles. The molecule has 2 amide bonds. The van der Waals surface area contributed by atoms with Gasteiger partial charge in [0.1, 0.15) is 11.8 Å². The smallest absolute Gasteiger partial charge is 0.261 e. The lowest BCUT2D eigenvalue weighted by atomic mass is 10.1. The molecule has 0 bridgehead atoms. The minimum absolute atomic E-state index is 0.148. The average molecular weight is 472 g/mol. The van der Waals surface area contributed by atoms with Crippen LogP contribution in [-0.4, -0.2) is 35.9 Å². The van der Waals surface area contributed by atoms with Gasteiger partial charge in [0.25, 0.3) is 5.91 Å². The van der Waals surface area contributed by atoms with Crippen LogP contribution in [0.15, 0.2) is 42.5 Å². The average Bonchev–Trinajstić information content (AvgIpc) is 2.70. The van der Waals surface area contributed by atoms with Crippen molar-refractivity contribution >= 4 is 46.6 Å². The second kappa shape index (κ2) is 11.4. The molecule has 2 aromatic carbocycles. The van der Waals surface area contributed by atoms with Crippen LogP contribution >= 0.6 is 34.8 Å². The largest absolute Gasteiger partial charge is 0.484 e. The van der Waals surface area contributed by atoms with Gasteiger partial charge in [-0.2, -0.15) is 0 Å². The van der Waals surface area contributed by atoms with Gasteiger partial charge >= 0.3 is 0 Å². The number of hydrogen-bond acceptors (Lipinski definition) is 3. The molecule has 2 rings (SSSR count). The molecule has 0 aliphatic carbocycles. The van der Waals surface area contributed by atoms with Crippen LogP contribution in [0.3, 0.4) is 0 Å². The van der Waals surface area contributed by atoms with Crippen molar-refractivity contribution < 1.29 is 14.3 Å². The molecule has 0 radical (unpaired) electrons. The number of halogens is 3. The molecule has 0 fully saturated rings. The van der Waals surface area contributed by atoms with Gasteiger partial charge in [-0.1, -0.05) is 54.7 Å². The third kappa shape index (κ3) is 7.38. The number of nitrogens with zero attached hydrogens (tertiary/aromatic N) is 1. The molecule has 5 nitrogen and oxygen atoms in total. The maximum absolute atomic E-state index is 13.0. The van der Waals surface area contributed by atoms with E-state index < -0.39 is 6.04 Å². The van der Waals surface area contributed by atoms with Crippen LogP contribution in [-0.2, 0) is 16.1 Å². The standard InChI is InChI=1S/C22H25Cl3N2O3/c1-14(2)11-26-22(29)15(3)27(12-16-4-5-18(24)10-20(16)25)21(28)13-30-19-8-6-17(23)7-9-19/h4-10,14-15H,11-13H2,1-3H3,(H,26,29). The SMILES string of the molecule is CC(C)CNC(=O)C(C)N(Cc1ccc(Cl)cc1Cl)C(=O)COc1ccc(Cl)cc1. The number of rotatable bonds is 9. The predicted octanol–water partition coefficient (Wildman–Crippen LogP) is 5.22. The fourth-order valence-corrected chi connectivity index (χ4v) is 3.22. The van der Waals surface area contributed by atoms with Crippen molar-refractivity contribution in [3.63, 3.8) is 0 Å². The summed E-state index contributed by atoms with van der Waals surface area (Å²) in [6, 6.07) is 11.0. The summed E-state index contributed by atoms with van der Waals surface area (Å²) in [5.41, 5.74) is 0.685. The van der Waals surface area contributed by atoms with Crippen molar-refractivity contribution in [1.82, 2.24) is 10.2 Å². The fraction of sp³-hybridized carbons (Fsp3) is 0.364. The number of nitrogens with one attached hydrogen (secondary N) is 1. The van der Waals surface area contributed by atoms with Crippen molar-refractivity contribution in [2.45, 2.75) is 33.4 Å². The van der Waals surface area contributed by atoms with Gasteiger partial charge in [0.2, 0.25) is 5.91 Å². The monoisotopic (exact) mass is 470 g/mol. The molecule has 0 aliphatic heterocycles. The Morgan fingerprint density at radius 3 is 2.23 bits per heavy atom. The quantitative estimate of drug-likeness (QED) is 0.546. The van der Waals surface area contributed by atoms with Crippen LogP contribution in [0.25, 0.3) is 0 Å². The Kier molecular flexibility index (Phi) is 9.28. The molecule has 2 aromatic rings. The lowest BCUT2D eigenvalue weighted by Gasteiger charge is -2.29. The zero-order valence-electron chi connectivity index (χ0n) is 17.1. The third-order valence-corrected chi connectivity index (χ3v) is 5.22. The Hall–Kier alpha value is -1.95. The predicted molar refractivity (Wildman–Crippen MR) is 121 cm³/mol. The van der Waals surface area contributed by atoms with Crippen LogP contribution in [0.2, 0.25) is 15.1 Å². The summed E-state index contributed by atoms with van der Waals surface area (Å²) >= 11 is 18.1. The zero-order chi connectivity index (χ0) is 22.3. The molecule has 0 heterocycles. The molecule has 1 unspecified atom stereocenters. The van der Waals surface area contributed by atoms with E-state index in [2.05, 4.69) is 5.32 Å². The highest BCUT2D eigenvalue weighted by molar-refractivity contribution is 6.35. The van der Waals surface area contributed by atoms with Crippen LogP contribution in [0.4, 0.5) is 0 Å². The summed E-state index contributed by atoms with van der Waals surface area (Å²) < 4.78 is 5.58. The van der Waals surface area contributed by atoms with Crippen LogP contribution < -0.4 is 10.1 Å². The molecule has 0 aliphatic rings. The topological polar surface area (TPSA) is 58.6 Å². The van der Waals surface area contributed by atoms with Crippen molar-refractivity contribution in [3.05, 3.63) is 63.1 Å². The second-order valence-corrected chi connectivity index (χ2v) is 8.60. The van der Waals surface area contributed by atoms with E-state index in [-0.39, 0.29) is 25.0 Å². The van der Waals surface area contributed by atoms with Gasteiger partial charge in [0, 0.05) is 28.2 Å². The second-order valence-electron chi connectivity index (χ2n) is 7.31. The highest BCUT2D eigenvalue weighted by atomic mass is 35.5. The molecule has 162 valence electrons. The van der Waals surface area contributed by atoms with E-state index in [9.17, 15) is 9.59 Å². The van der Waals surface area contributed by atoms with Crippen LogP contribution in [0, 0.1) is 5.92 Å². The van der Waals surface area contributed by atoms with Crippen molar-refractivity contribution in [1.29, 1.82) is 0 Å². The first-order valence-corrected chi connectivity index (χ1v) is 10.7. The number of amides is 2. The fourth-order valence-electron chi connectivity index (χ4n) is 2.63. The van der Waals surface area contributed by atoms with Crippen molar-refractivity contribution in [3.8, 4) is 5.75 Å². The molecule has 0 aromatic heterocycles. The lowest BCUT2D eigenvalue weighted by Crippen LogP contribution is -2.49. The summed E-state index contributed by atoms with van der Waals surface area (Å²) in [5, 5.41) is 4.36. The van der Waals surface area contributed by atoms with Gasteiger partial charge in [0.15, 0.2) is 6.61 Å². The molecule has 1 atom stereocenters. The summed E-state index contributed by atoms with van der Waals surface area (Å²) in [6.45, 7) is 6.13. The highest BCUT2D eigenvalue weighted by Gasteiger charge is 2.27. The summed E-state index contributed by atoms with van der Waals surface area (Å²) in [4.78, 5) is 27.0. The zero-order valence-corrected chi connectivity index (χ0v) is 19.4. The number of benzene rings is 2. The first-order chi connectivity index (χ1) is 14.2. The van der Waals surface area contributed by atoms with Gasteiger partial charge in [-0.05, 0) is 54.8 Å². The Balaban J connectivity index is 2.16. The molecule has 0 saturated heterocycles. The number of hydrogen-bond donors (Lipinski definition) is 1. The van der Waals surface area contributed by atoms with Crippen molar-refractivity contribution in [2.24, 2.45) is 5.92 Å². The maximum Gasteiger partial charge on any atom is 0.261 e. The van der Waals surface area contributed by atoms with Gasteiger partial charge in [0.05, 0.1) is 0 Å². The Labute approximate surface area is 192 Å². The van der Waals surface area contributed by atoms with Gasteiger partial charge < -0.3 is 15.0 Å². The minimum atomic E-state index is -0.711. The molecule has 30 heavy (non-hydrogen) atoms. The van der Waals surface area contributed by atoms with E-state index in [0.29, 0.717) is 38.8 Å². The number of ether oxygens (including phenoxy) is 1. The van der Waals surface area contributed by atoms with E-state index in [0.717, 1.165) is 0 Å². The van der Waals surface area contributed by atoms with Crippen LogP contribution in [0.5, 0.6) is 5.75 Å². The van der Waals surface area contributed by atoms with E-state index >= 15 is 0 Å². The molecular weight excluding hydrogens is 447 g/mol. The maximum atomic E-state index is 13.0. The van der Waals surface area contributed by atoms with Gasteiger partial charge in [-0.15, -0.1) is 0 Å². The summed E-state index contributed by atoms with van der Waals surface area (Å²) in [5.74, 6) is 0.218. The highest BCUT2D eigenvalue weighted by Crippen LogP contribution is 2.23. The molecular formula is C22H25Cl3N2O3. The van der Waals surface area contributed by atoms with E-state index in [1.165, 1.54) is 4.90 Å². The van der Waals surface area contributed by atoms with E-state index in [1.54, 1.807) is 49.4 Å². The van der Waals surface area contributed by atoms with E-state index in [1.807, 2.05) is 13.8 Å². The van der Waals surface area contributed by atoms with Crippen LogP contribution in [0.1, 0.15) is 26.3 Å². The van der Waals surface area contributed by atoms with E-state index in [4.69, 9.17) is 39.5 Å². The van der Waals surface area contributed by atoms with Crippen molar-refractivity contribution in [2.75, 3.05) is 13.2 Å². The van der Waals surface area contributed by atoms with Gasteiger partial charge in [-0.25, -0.2) is 0 Å². The lowest BCUT2D eigenvalue weighted by molar-refractivity contribution is -0.142. The Morgan fingerprint density at radius 2 is 1.63 bits per heavy atom. The summed E-state index contributed by atoms with van der Waals surface area (Å²) in [7, 11) is 0. The molecule has 1 N–H and O–H groups in total. The number of carbonyl (C=O) groups excluding carboxylic acids is 2. The summed E-state index contributed by atoms with van der Waals surface area (Å²) in [6.07, 6.45) is 0. The number of carbonyl (C=O) groups is 2. The Bertz CT molecular complexity index is 872. The Morgan fingerprint density at radius 1 is 1.00 bits per heavy atom.